The van der Waals surface area contributed by atoms with Crippen LogP contribution in [0.2, 0.25) is 0 Å². The number of esters is 2. The van der Waals surface area contributed by atoms with Crippen LogP contribution in [0.3, 0.4) is 0 Å². The van der Waals surface area contributed by atoms with Gasteiger partial charge in [0.1, 0.15) is 18.1 Å². The van der Waals surface area contributed by atoms with E-state index >= 15 is 0 Å². The van der Waals surface area contributed by atoms with E-state index in [9.17, 15) is 60.7 Å². The number of ether oxygens (including phenoxy) is 5. The van der Waals surface area contributed by atoms with Crippen LogP contribution >= 0.6 is 0 Å². The number of carbonyl (C=O) groups excluding carboxylic acids is 2. The molecule has 18 nitrogen and oxygen atoms in total. The first kappa shape index (κ1) is 63.1. The Morgan fingerprint density at radius 1 is 0.694 bits per heavy atom. The number of fused-ring (bicyclic) bond motifs is 2. The SMILES string of the molecule is CCCN(CCC)[C@@H]1[C@H](O)[C@@H](O[C@H]2/C=C/C=C/C=C/C=C/CC/C=C/C=C/[C@H](C)[C@@H](O)[C@@H](C)[C@H](C)OC(=O)C[C@H](O)C[C@H](O)C[C@H](O)CC[C@@H](O)[C@H](O)C[C@]3(O)C[C@H](O)[C@@H](C(=O)OC)[C@H](C2)O3)O[C@H](C)[C@H]1O. The summed E-state index contributed by atoms with van der Waals surface area (Å²) in [5, 5.41) is 111. The Balaban J connectivity index is 1.93. The van der Waals surface area contributed by atoms with Gasteiger partial charge in [-0.15, -0.1) is 0 Å². The average molecular weight is 1020 g/mol. The van der Waals surface area contributed by atoms with Crippen LogP contribution in [0.25, 0.3) is 0 Å². The lowest BCUT2D eigenvalue weighted by atomic mass is 9.82. The normalized spacial score (nSPS) is 42.1. The molecule has 0 aromatic rings. The van der Waals surface area contributed by atoms with Gasteiger partial charge in [0.25, 0.3) is 0 Å². The van der Waals surface area contributed by atoms with Crippen molar-refractivity contribution in [2.24, 2.45) is 17.8 Å². The van der Waals surface area contributed by atoms with Crippen molar-refractivity contribution in [1.82, 2.24) is 4.90 Å². The molecule has 3 rings (SSSR count). The molecule has 0 aliphatic carbocycles. The molecule has 3 aliphatic heterocycles. The Kier molecular flexibility index (Phi) is 28.3. The standard InChI is InChI=1S/C54H89NO17/c1-8-26-55(27-9-2)48-50(64)37(6)70-53(51(48)65)71-41-23-21-19-17-15-13-11-10-12-14-16-18-20-22-34(3)49(63)35(4)36(5)69-46(62)30-40(58)29-39(57)28-38(56)24-25-42(59)43(60)32-54(67)33-44(61)47(52(66)68-7)45(31-41)72-54/h10-11,13,15-23,34-45,47-51,53,56-61,63-65,67H,8-9,12,14,24-33H2,1-7H3/b11-10+,15-13+,18-16+,19-17+,22-20+,23-21+/t34-,35-,36-,37+,38+,39+,40+,41-,42+,43+,44-,45-,47+,48-,49+,50+,51-,53+,54+/m0/s1. The third-order valence-corrected chi connectivity index (χ3v) is 13.8. The van der Waals surface area contributed by atoms with Crippen molar-refractivity contribution in [3.8, 4) is 0 Å². The molecule has 19 atom stereocenters. The molecule has 18 heteroatoms. The molecule has 2 bridgehead atoms. The molecule has 3 aliphatic rings. The molecule has 0 radical (unpaired) electrons. The molecule has 0 spiro atoms. The van der Waals surface area contributed by atoms with E-state index in [0.29, 0.717) is 13.1 Å². The van der Waals surface area contributed by atoms with Crippen LogP contribution in [0.1, 0.15) is 119 Å². The molecule has 3 heterocycles. The van der Waals surface area contributed by atoms with Gasteiger partial charge in [0, 0.05) is 31.1 Å². The van der Waals surface area contributed by atoms with Crippen LogP contribution in [0.15, 0.2) is 72.9 Å². The highest BCUT2D eigenvalue weighted by Crippen LogP contribution is 2.39. The summed E-state index contributed by atoms with van der Waals surface area (Å²) in [7, 11) is 1.14. The van der Waals surface area contributed by atoms with E-state index in [2.05, 4.69) is 0 Å². The monoisotopic (exact) mass is 1020 g/mol. The minimum atomic E-state index is -2.30. The summed E-state index contributed by atoms with van der Waals surface area (Å²) in [6, 6.07) is -0.736. The fraction of sp³-hybridized carbons (Fsp3) is 0.741. The van der Waals surface area contributed by atoms with Crippen molar-refractivity contribution in [2.75, 3.05) is 20.2 Å². The van der Waals surface area contributed by atoms with E-state index in [1.165, 1.54) is 0 Å². The molecule has 412 valence electrons. The van der Waals surface area contributed by atoms with E-state index in [1.54, 1.807) is 45.1 Å². The minimum absolute atomic E-state index is 0.115. The second-order valence-electron chi connectivity index (χ2n) is 20.0. The summed E-state index contributed by atoms with van der Waals surface area (Å²) < 4.78 is 29.3. The zero-order chi connectivity index (χ0) is 53.5. The average Bonchev–Trinajstić information content (AvgIpc) is 3.30. The highest BCUT2D eigenvalue weighted by atomic mass is 16.7. The number of methoxy groups -OCH3 is 1. The third-order valence-electron chi connectivity index (χ3n) is 13.8. The minimum Gasteiger partial charge on any atom is -0.469 e. The topological polar surface area (TPSA) is 286 Å². The summed E-state index contributed by atoms with van der Waals surface area (Å²) in [5.41, 5.74) is 0. The molecular weight excluding hydrogens is 935 g/mol. The van der Waals surface area contributed by atoms with E-state index < -0.39 is 141 Å². The summed E-state index contributed by atoms with van der Waals surface area (Å²) in [6.45, 7) is 12.2. The van der Waals surface area contributed by atoms with Gasteiger partial charge in [-0.1, -0.05) is 101 Å². The van der Waals surface area contributed by atoms with Gasteiger partial charge >= 0.3 is 11.9 Å². The largest absolute Gasteiger partial charge is 0.469 e. The van der Waals surface area contributed by atoms with Crippen molar-refractivity contribution in [2.45, 2.75) is 216 Å². The molecular formula is C54H89NO17. The molecule has 2 saturated heterocycles. The highest BCUT2D eigenvalue weighted by molar-refractivity contribution is 5.74. The smallest absolute Gasteiger partial charge is 0.313 e. The molecule has 72 heavy (non-hydrogen) atoms. The Bertz CT molecular complexity index is 1750. The van der Waals surface area contributed by atoms with Crippen molar-refractivity contribution in [1.29, 1.82) is 0 Å². The van der Waals surface area contributed by atoms with Crippen LogP contribution in [-0.2, 0) is 33.3 Å². The molecule has 0 aromatic heterocycles. The summed E-state index contributed by atoms with van der Waals surface area (Å²) >= 11 is 0. The summed E-state index contributed by atoms with van der Waals surface area (Å²) in [6.07, 6.45) is 5.80. The van der Waals surface area contributed by atoms with Crippen LogP contribution in [-0.4, -0.2) is 186 Å². The number of allylic oxidation sites excluding steroid dienone is 10. The number of aliphatic hydroxyl groups excluding tert-OH is 9. The van der Waals surface area contributed by atoms with E-state index in [4.69, 9.17) is 23.7 Å². The van der Waals surface area contributed by atoms with E-state index in [-0.39, 0.29) is 38.0 Å². The number of carbonyl (C=O) groups is 2. The predicted octanol–water partition coefficient (Wildman–Crippen LogP) is 3.19. The number of hydrogen-bond donors (Lipinski definition) is 10. The van der Waals surface area contributed by atoms with Gasteiger partial charge in [-0.25, -0.2) is 0 Å². The van der Waals surface area contributed by atoms with Gasteiger partial charge in [0.2, 0.25) is 0 Å². The Hall–Kier alpha value is -3.18. The van der Waals surface area contributed by atoms with Gasteiger partial charge in [-0.05, 0) is 78.3 Å². The van der Waals surface area contributed by atoms with Crippen molar-refractivity contribution in [3.05, 3.63) is 72.9 Å². The molecule has 0 saturated carbocycles. The molecule has 0 unspecified atom stereocenters. The fourth-order valence-corrected chi connectivity index (χ4v) is 9.59. The highest BCUT2D eigenvalue weighted by Gasteiger charge is 2.52. The van der Waals surface area contributed by atoms with E-state index in [0.717, 1.165) is 32.8 Å². The maximum Gasteiger partial charge on any atom is 0.313 e. The zero-order valence-electron chi connectivity index (χ0n) is 43.5. The molecule has 0 amide bonds. The quantitative estimate of drug-likeness (QED) is 0.156. The number of rotatable bonds is 8. The number of aliphatic hydroxyl groups is 10. The van der Waals surface area contributed by atoms with Crippen LogP contribution < -0.4 is 0 Å². The van der Waals surface area contributed by atoms with Gasteiger partial charge < -0.3 is 74.7 Å². The van der Waals surface area contributed by atoms with Crippen molar-refractivity contribution < 1.29 is 84.3 Å². The van der Waals surface area contributed by atoms with Crippen LogP contribution in [0.5, 0.6) is 0 Å². The maximum atomic E-state index is 13.3. The second-order valence-corrected chi connectivity index (χ2v) is 20.0. The third kappa shape index (κ3) is 20.9. The predicted molar refractivity (Wildman–Crippen MR) is 269 cm³/mol. The number of nitrogens with zero attached hydrogens (tertiary/aromatic N) is 1. The lowest BCUT2D eigenvalue weighted by molar-refractivity contribution is -0.313. The lowest BCUT2D eigenvalue weighted by Gasteiger charge is -2.47. The first-order chi connectivity index (χ1) is 34.1. The molecule has 0 aromatic carbocycles. The Morgan fingerprint density at radius 2 is 1.28 bits per heavy atom. The fourth-order valence-electron chi connectivity index (χ4n) is 9.59. The van der Waals surface area contributed by atoms with E-state index in [1.807, 2.05) is 74.3 Å². The first-order valence-corrected chi connectivity index (χ1v) is 26.0. The lowest BCUT2D eigenvalue weighted by Crippen LogP contribution is -2.64. The first-order valence-electron chi connectivity index (χ1n) is 26.0. The van der Waals surface area contributed by atoms with Gasteiger partial charge in [0.15, 0.2) is 12.1 Å². The van der Waals surface area contributed by atoms with Crippen LogP contribution in [0.4, 0.5) is 0 Å². The van der Waals surface area contributed by atoms with Crippen molar-refractivity contribution >= 4 is 11.9 Å². The van der Waals surface area contributed by atoms with Gasteiger partial charge in [-0.3, -0.25) is 14.5 Å². The maximum absolute atomic E-state index is 13.3. The number of hydrogen-bond acceptors (Lipinski definition) is 18. The molecule has 2 fully saturated rings. The Morgan fingerprint density at radius 3 is 1.92 bits per heavy atom. The molecule has 10 N–H and O–H groups in total. The second kappa shape index (κ2) is 32.3. The summed E-state index contributed by atoms with van der Waals surface area (Å²) in [5.74, 6) is -5.89. The van der Waals surface area contributed by atoms with Gasteiger partial charge in [0.05, 0.1) is 86.7 Å². The zero-order valence-corrected chi connectivity index (χ0v) is 43.5. The van der Waals surface area contributed by atoms with Crippen LogP contribution in [0, 0.1) is 17.8 Å². The Labute approximate surface area is 427 Å². The number of cyclic esters (lactones) is 1. The van der Waals surface area contributed by atoms with Crippen molar-refractivity contribution in [3.63, 3.8) is 0 Å². The van der Waals surface area contributed by atoms with Gasteiger partial charge in [-0.2, -0.15) is 0 Å². The summed E-state index contributed by atoms with van der Waals surface area (Å²) in [4.78, 5) is 28.0.